The number of ether oxygens (including phenoxy) is 3. The van der Waals surface area contributed by atoms with Crippen molar-refractivity contribution < 1.29 is 59.9 Å². The van der Waals surface area contributed by atoms with Gasteiger partial charge in [-0.3, -0.25) is 58.0 Å². The van der Waals surface area contributed by atoms with E-state index < -0.39 is 74.6 Å². The molecule has 146 heavy (non-hydrogen) atoms. The van der Waals surface area contributed by atoms with E-state index in [-0.39, 0.29) is 55.1 Å². The molecule has 35 heteroatoms. The molecule has 782 valence electrons. The van der Waals surface area contributed by atoms with Gasteiger partial charge in [0.25, 0.3) is 0 Å². The standard InChI is InChI=1S/C111H147F3N21O10P/c1-103(2,3)109(104(4,5)6,67-133(82-37-19-20-38-82)49-28-52-140-85-43-46-88-91(64-85)115-70-118-100(88)124-94-58-79(127-130-94)61-97(136)121-76-34-25-31-73(112)55-76)143-146(139,144-110(105(7,8)9,106(10,11)12)68-134(83-39-21-22-40-83)50-29-53-141-86-44-47-89-92(65-86)116-71-119-101(89)125-95-59-80(128-131-95)62-98(137)122-77-35-26-32-74(113)56-77)145-111(107(13,14)15,108(16,17)18)69-135(84-41-23-24-42-84)51-30-54-142-87-45-48-90-93(66-87)117-72-120-102(90)126-96-60-81(129-132-96)63-99(138)123-78-36-27-33-75(114)57-78/h25-27,31-36,43-48,55-60,64-66,70-72,82-84H,19-24,28-30,37-42,49-54,61-63,67-69H2,1-18H3,(H,121,136)(H,122,137)(H,123,138)(H2,115,118,124,127,130)(H2,116,119,125,128,131)(H2,117,120,126,129,132). The summed E-state index contributed by atoms with van der Waals surface area (Å²) >= 11 is 0. The van der Waals surface area contributed by atoms with Crippen molar-refractivity contribution in [2.24, 2.45) is 32.5 Å². The second-order valence-corrected chi connectivity index (χ2v) is 47.1. The van der Waals surface area contributed by atoms with E-state index in [1.807, 2.05) is 54.6 Å². The molecule has 15 rings (SSSR count). The van der Waals surface area contributed by atoms with Gasteiger partial charge in [-0.15, -0.1) is 0 Å². The predicted molar refractivity (Wildman–Crippen MR) is 568 cm³/mol. The van der Waals surface area contributed by atoms with E-state index >= 15 is 4.57 Å². The minimum absolute atomic E-state index is 0.0220. The van der Waals surface area contributed by atoms with E-state index in [9.17, 15) is 27.6 Å². The number of H-pyrrole nitrogens is 3. The largest absolute Gasteiger partial charge is 0.493 e. The van der Waals surface area contributed by atoms with Gasteiger partial charge in [0, 0.05) is 144 Å². The molecular formula is C111H147F3N21O10P. The number of phosphoric ester groups is 1. The molecule has 0 atom stereocenters. The van der Waals surface area contributed by atoms with Crippen LogP contribution in [0.1, 0.15) is 238 Å². The summed E-state index contributed by atoms with van der Waals surface area (Å²) in [4.78, 5) is 74.5. The van der Waals surface area contributed by atoms with E-state index in [1.54, 1.807) is 36.4 Å². The highest BCUT2D eigenvalue weighted by Gasteiger charge is 2.66. The summed E-state index contributed by atoms with van der Waals surface area (Å²) in [6.45, 7) is 44.3. The number of benzene rings is 6. The number of nitrogens with one attached hydrogen (secondary N) is 9. The van der Waals surface area contributed by atoms with Gasteiger partial charge < -0.3 is 46.1 Å². The van der Waals surface area contributed by atoms with Gasteiger partial charge in [0.05, 0.1) is 55.6 Å². The first kappa shape index (κ1) is 108. The second-order valence-electron chi connectivity index (χ2n) is 45.7. The molecule has 0 radical (unpaired) electrons. The van der Waals surface area contributed by atoms with Crippen LogP contribution in [0.3, 0.4) is 0 Å². The fourth-order valence-corrected chi connectivity index (χ4v) is 25.0. The lowest BCUT2D eigenvalue weighted by molar-refractivity contribution is -0.215. The van der Waals surface area contributed by atoms with E-state index in [2.05, 4.69) is 232 Å². The van der Waals surface area contributed by atoms with Gasteiger partial charge in [0.15, 0.2) is 17.5 Å². The zero-order valence-electron chi connectivity index (χ0n) is 87.9. The van der Waals surface area contributed by atoms with E-state index in [1.165, 1.54) is 73.6 Å². The highest BCUT2D eigenvalue weighted by atomic mass is 31.2. The fourth-order valence-electron chi connectivity index (χ4n) is 22.0. The quantitative estimate of drug-likeness (QED) is 0.0126. The van der Waals surface area contributed by atoms with Gasteiger partial charge in [0.1, 0.15) is 87.9 Å². The number of aromatic nitrogens is 12. The lowest BCUT2D eigenvalue weighted by atomic mass is 9.62. The van der Waals surface area contributed by atoms with Gasteiger partial charge in [0.2, 0.25) is 17.7 Å². The van der Waals surface area contributed by atoms with Crippen LogP contribution in [0.5, 0.6) is 17.2 Å². The van der Waals surface area contributed by atoms with Crippen LogP contribution in [0, 0.1) is 49.9 Å². The fraction of sp³-hybridized carbons (Fsp3) is 0.514. The minimum atomic E-state index is -5.11. The Bertz CT molecular complexity index is 5860. The molecule has 6 aromatic carbocycles. The number of phosphoric acid groups is 1. The summed E-state index contributed by atoms with van der Waals surface area (Å²) in [5.41, 5.74) is -3.79. The maximum Gasteiger partial charge on any atom is 0.476 e. The monoisotopic (exact) mass is 2020 g/mol. The number of aromatic amines is 3. The molecule has 0 unspecified atom stereocenters. The van der Waals surface area contributed by atoms with Crippen LogP contribution in [-0.2, 0) is 51.8 Å². The van der Waals surface area contributed by atoms with Crippen molar-refractivity contribution in [2.75, 3.05) is 91.0 Å². The Kier molecular flexibility index (Phi) is 33.9. The number of rotatable bonds is 45. The first-order valence-electron chi connectivity index (χ1n) is 51.4. The molecule has 3 amide bonds. The summed E-state index contributed by atoms with van der Waals surface area (Å²) in [6.07, 6.45) is 18.5. The minimum Gasteiger partial charge on any atom is -0.493 e. The highest BCUT2D eigenvalue weighted by molar-refractivity contribution is 7.48. The van der Waals surface area contributed by atoms with Crippen molar-refractivity contribution >= 4 is 110 Å². The number of nitrogens with zero attached hydrogens (tertiary/aromatic N) is 12. The van der Waals surface area contributed by atoms with Crippen molar-refractivity contribution in [3.05, 3.63) is 199 Å². The number of carbonyl (C=O) groups excluding carboxylic acids is 3. The van der Waals surface area contributed by atoms with Crippen LogP contribution in [0.4, 0.5) is 65.1 Å². The molecule has 12 aromatic rings. The highest BCUT2D eigenvalue weighted by Crippen LogP contribution is 2.70. The topological polar surface area (TPSA) is 369 Å². The molecule has 31 nitrogen and oxygen atoms in total. The number of hydrogen-bond donors (Lipinski definition) is 9. The molecule has 6 heterocycles. The number of carbonyl (C=O) groups is 3. The number of amides is 3. The Morgan fingerprint density at radius 1 is 0.356 bits per heavy atom. The van der Waals surface area contributed by atoms with E-state index in [0.29, 0.717) is 181 Å². The summed E-state index contributed by atoms with van der Waals surface area (Å²) < 4.78 is 107. The normalized spacial score (nSPS) is 14.8. The molecule has 3 aliphatic rings. The number of fused-ring (bicyclic) bond motifs is 3. The summed E-state index contributed by atoms with van der Waals surface area (Å²) in [5, 5.41) is 42.3. The van der Waals surface area contributed by atoms with Crippen LogP contribution < -0.4 is 46.1 Å². The first-order valence-corrected chi connectivity index (χ1v) is 52.9. The number of halogens is 3. The molecule has 0 bridgehead atoms. The summed E-state index contributed by atoms with van der Waals surface area (Å²) in [5.74, 6) is 2.41. The third-order valence-corrected chi connectivity index (χ3v) is 30.9. The number of anilines is 9. The molecule has 9 N–H and O–H groups in total. The Labute approximate surface area is 855 Å². The predicted octanol–water partition coefficient (Wildman–Crippen LogP) is 24.0. The SMILES string of the molecule is CC(C)(C)C(CN(CCCOc1ccc2c(Nc3cc(CC(=O)Nc4cccc(F)c4)[nH]n3)ncnc2c1)C1CCCC1)(OP(=O)(OC(CN(CCCOc1ccc2c(Nc3cc(CC(=O)Nc4cccc(F)c4)[nH]n3)ncnc2c1)C1CCCC1)(C(C)(C)C)C(C)(C)C)OC(CN(CCCOc1ccc2c(Nc3cc(CC(=O)Nc4cccc(F)c4)[nH]n3)ncnc2c1)C1CCCC1)(C(C)(C)C)C(C)(C)C)C(C)(C)C. The molecule has 3 aliphatic carbocycles. The average molecular weight is 2020 g/mol. The van der Waals surface area contributed by atoms with E-state index in [0.717, 1.165) is 93.2 Å². The molecule has 3 saturated carbocycles. The van der Waals surface area contributed by atoms with Gasteiger partial charge >= 0.3 is 7.82 Å². The third kappa shape index (κ3) is 26.7. The average Bonchev–Trinajstić information content (AvgIpc) is 1.08. The Hall–Kier alpha value is -12.0. The van der Waals surface area contributed by atoms with Gasteiger partial charge in [-0.05, 0) is 181 Å². The zero-order chi connectivity index (χ0) is 104. The van der Waals surface area contributed by atoms with Crippen molar-refractivity contribution in [2.45, 2.75) is 275 Å². The Balaban J connectivity index is 0.711. The van der Waals surface area contributed by atoms with Gasteiger partial charge in [-0.2, -0.15) is 15.3 Å². The second kappa shape index (κ2) is 45.8. The lowest BCUT2D eigenvalue weighted by Gasteiger charge is -2.61. The molecular weight excluding hydrogens is 1880 g/mol. The first-order chi connectivity index (χ1) is 69.3. The van der Waals surface area contributed by atoms with Gasteiger partial charge in [-0.25, -0.2) is 47.6 Å². The maximum absolute atomic E-state index is 19.3. The summed E-state index contributed by atoms with van der Waals surface area (Å²) in [7, 11) is -5.11. The van der Waals surface area contributed by atoms with Crippen LogP contribution in [0.2, 0.25) is 0 Å². The molecule has 3 fully saturated rings. The van der Waals surface area contributed by atoms with Crippen molar-refractivity contribution in [3.63, 3.8) is 0 Å². The van der Waals surface area contributed by atoms with Crippen molar-refractivity contribution in [1.82, 2.24) is 75.2 Å². The Morgan fingerprint density at radius 2 is 0.616 bits per heavy atom. The van der Waals surface area contributed by atoms with Gasteiger partial charge in [-0.1, -0.05) is 181 Å². The third-order valence-electron chi connectivity index (χ3n) is 29.3. The van der Waals surface area contributed by atoms with Crippen LogP contribution in [0.25, 0.3) is 32.7 Å². The Morgan fingerprint density at radius 3 is 0.863 bits per heavy atom. The molecule has 0 saturated heterocycles. The summed E-state index contributed by atoms with van der Waals surface area (Å²) in [6, 6.07) is 40.2. The van der Waals surface area contributed by atoms with Crippen LogP contribution in [-0.4, -0.2) is 187 Å². The van der Waals surface area contributed by atoms with Crippen molar-refractivity contribution in [3.8, 4) is 17.2 Å². The number of hydrogen-bond acceptors (Lipinski definition) is 25. The maximum atomic E-state index is 19.3. The van der Waals surface area contributed by atoms with Crippen LogP contribution >= 0.6 is 7.82 Å². The van der Waals surface area contributed by atoms with Crippen LogP contribution in [0.15, 0.2) is 165 Å². The van der Waals surface area contributed by atoms with E-state index in [4.69, 9.17) is 27.8 Å². The molecule has 0 aliphatic heterocycles. The smallest absolute Gasteiger partial charge is 0.476 e. The van der Waals surface area contributed by atoms with Crippen molar-refractivity contribution in [1.29, 1.82) is 0 Å². The zero-order valence-corrected chi connectivity index (χ0v) is 88.8. The lowest BCUT2D eigenvalue weighted by Crippen LogP contribution is -2.66. The molecule has 6 aromatic heterocycles. The molecule has 0 spiro atoms.